The lowest BCUT2D eigenvalue weighted by molar-refractivity contribution is -0.146. The Labute approximate surface area is 229 Å². The molecule has 2 saturated heterocycles. The fraction of sp³-hybridized carbons (Fsp3) is 0.464. The van der Waals surface area contributed by atoms with Crippen LogP contribution in [-0.2, 0) is 16.0 Å². The van der Waals surface area contributed by atoms with E-state index in [2.05, 4.69) is 52.5 Å². The van der Waals surface area contributed by atoms with Crippen molar-refractivity contribution in [3.8, 4) is 0 Å². The molecule has 0 bridgehead atoms. The van der Waals surface area contributed by atoms with Gasteiger partial charge in [-0.25, -0.2) is 9.97 Å². The molecule has 0 unspecified atom stereocenters. The topological polar surface area (TPSA) is 124 Å². The molecule has 4 aromatic rings. The molecule has 11 heteroatoms. The van der Waals surface area contributed by atoms with E-state index in [1.165, 1.54) is 30.1 Å². The lowest BCUT2D eigenvalue weighted by Crippen LogP contribution is -2.46. The Morgan fingerprint density at radius 2 is 2.00 bits per heavy atom. The predicted octanol–water partition coefficient (Wildman–Crippen LogP) is 3.95. The number of benzene rings is 1. The standard InChI is InChI=1S/C28H32N6O4S/c1-16-3-5-22(18-4-6-23-21(12-18)31-24(39-23)11-17-7-9-33(2)10-8-17)34(15-16)28(37)26(36)30-19-13-20-25(35)32-38-27(20)29-14-19/h4,6,12-14,16-17,22H,3,5,7-11,15H2,1-2H3,(H,30,36)(H,32,35)/t16-,22+/m0/s1. The molecule has 3 aromatic heterocycles. The molecule has 0 saturated carbocycles. The van der Waals surface area contributed by atoms with E-state index in [-0.39, 0.29) is 28.7 Å². The largest absolute Gasteiger partial charge is 0.358 e. The van der Waals surface area contributed by atoms with Crippen LogP contribution in [0.25, 0.3) is 21.3 Å². The summed E-state index contributed by atoms with van der Waals surface area (Å²) in [6.07, 6.45) is 6.53. The van der Waals surface area contributed by atoms with Crippen LogP contribution in [0.5, 0.6) is 0 Å². The summed E-state index contributed by atoms with van der Waals surface area (Å²) in [6, 6.07) is 7.50. The summed E-state index contributed by atoms with van der Waals surface area (Å²) in [7, 11) is 2.18. The van der Waals surface area contributed by atoms with Gasteiger partial charge in [-0.3, -0.25) is 14.4 Å². The lowest BCUT2D eigenvalue weighted by Gasteiger charge is -2.38. The van der Waals surface area contributed by atoms with Crippen LogP contribution in [0.2, 0.25) is 0 Å². The Morgan fingerprint density at radius 3 is 2.82 bits per heavy atom. The number of hydrogen-bond donors (Lipinski definition) is 2. The van der Waals surface area contributed by atoms with Gasteiger partial charge in [-0.2, -0.15) is 5.16 Å². The molecule has 0 radical (unpaired) electrons. The Balaban J connectivity index is 1.20. The summed E-state index contributed by atoms with van der Waals surface area (Å²) in [5.74, 6) is -0.403. The molecule has 0 spiro atoms. The first-order chi connectivity index (χ1) is 18.8. The third-order valence-electron chi connectivity index (χ3n) is 8.01. The molecule has 6 rings (SSSR count). The van der Waals surface area contributed by atoms with Crippen LogP contribution in [0.3, 0.4) is 0 Å². The first kappa shape index (κ1) is 25.7. The minimum absolute atomic E-state index is 0.140. The van der Waals surface area contributed by atoms with Crippen LogP contribution in [0.1, 0.15) is 49.2 Å². The van der Waals surface area contributed by atoms with Gasteiger partial charge in [-0.1, -0.05) is 13.0 Å². The summed E-state index contributed by atoms with van der Waals surface area (Å²) < 4.78 is 6.11. The number of carbonyl (C=O) groups is 2. The zero-order valence-electron chi connectivity index (χ0n) is 22.1. The number of amides is 2. The van der Waals surface area contributed by atoms with E-state index in [0.717, 1.165) is 48.1 Å². The van der Waals surface area contributed by atoms with Crippen molar-refractivity contribution in [2.45, 2.75) is 45.1 Å². The number of fused-ring (bicyclic) bond motifs is 2. The lowest BCUT2D eigenvalue weighted by atomic mass is 9.89. The highest BCUT2D eigenvalue weighted by Crippen LogP contribution is 2.36. The third kappa shape index (κ3) is 5.33. The Morgan fingerprint density at radius 1 is 1.18 bits per heavy atom. The first-order valence-electron chi connectivity index (χ1n) is 13.5. The van der Waals surface area contributed by atoms with Gasteiger partial charge in [0.25, 0.3) is 11.3 Å². The highest BCUT2D eigenvalue weighted by molar-refractivity contribution is 7.18. The first-order valence-corrected chi connectivity index (χ1v) is 14.3. The van der Waals surface area contributed by atoms with E-state index in [1.54, 1.807) is 16.2 Å². The molecule has 204 valence electrons. The normalized spacial score (nSPS) is 21.0. The average Bonchev–Trinajstić information content (AvgIpc) is 3.51. The Hall–Kier alpha value is -3.57. The van der Waals surface area contributed by atoms with Crippen molar-refractivity contribution in [3.63, 3.8) is 0 Å². The Kier molecular flexibility index (Phi) is 6.94. The number of H-pyrrole nitrogens is 1. The Bertz CT molecular complexity index is 1580. The van der Waals surface area contributed by atoms with Crippen LogP contribution in [0, 0.1) is 11.8 Å². The zero-order chi connectivity index (χ0) is 27.1. The highest BCUT2D eigenvalue weighted by Gasteiger charge is 2.34. The van der Waals surface area contributed by atoms with Crippen LogP contribution in [0.15, 0.2) is 39.8 Å². The molecular formula is C28H32N6O4S. The summed E-state index contributed by atoms with van der Waals surface area (Å²) in [5, 5.41) is 6.19. The third-order valence-corrected chi connectivity index (χ3v) is 9.07. The van der Waals surface area contributed by atoms with E-state index in [4.69, 9.17) is 9.51 Å². The summed E-state index contributed by atoms with van der Waals surface area (Å²) >= 11 is 1.76. The minimum Gasteiger partial charge on any atom is -0.358 e. The maximum Gasteiger partial charge on any atom is 0.313 e. The number of aromatic amines is 1. The van der Waals surface area contributed by atoms with Crippen molar-refractivity contribution in [2.75, 3.05) is 32.0 Å². The number of rotatable bonds is 4. The predicted molar refractivity (Wildman–Crippen MR) is 150 cm³/mol. The van der Waals surface area contributed by atoms with Crippen LogP contribution < -0.4 is 10.9 Å². The second kappa shape index (κ2) is 10.5. The number of thiazole rings is 1. The number of pyridine rings is 1. The van der Waals surface area contributed by atoms with Crippen LogP contribution in [0.4, 0.5) is 5.69 Å². The molecule has 2 amide bonds. The van der Waals surface area contributed by atoms with E-state index >= 15 is 0 Å². The molecule has 2 N–H and O–H groups in total. The number of likely N-dealkylation sites (tertiary alicyclic amines) is 2. The van der Waals surface area contributed by atoms with E-state index < -0.39 is 17.4 Å². The van der Waals surface area contributed by atoms with Crippen molar-refractivity contribution in [3.05, 3.63) is 51.4 Å². The fourth-order valence-corrected chi connectivity index (χ4v) is 6.81. The molecule has 2 atom stereocenters. The SMILES string of the molecule is C[C@H]1CC[C@H](c2ccc3sc(CC4CCN(C)CC4)nc3c2)N(C(=O)C(=O)Nc2cnc3o[nH]c(=O)c3c2)C1. The molecule has 1 aromatic carbocycles. The van der Waals surface area contributed by atoms with Gasteiger partial charge < -0.3 is 19.6 Å². The van der Waals surface area contributed by atoms with Crippen molar-refractivity contribution in [1.29, 1.82) is 0 Å². The average molecular weight is 549 g/mol. The van der Waals surface area contributed by atoms with E-state index in [0.29, 0.717) is 12.5 Å². The summed E-state index contributed by atoms with van der Waals surface area (Å²) in [5.41, 5.74) is 1.91. The molecule has 2 fully saturated rings. The van der Waals surface area contributed by atoms with Gasteiger partial charge in [0.1, 0.15) is 5.39 Å². The van der Waals surface area contributed by atoms with Gasteiger partial charge >= 0.3 is 11.8 Å². The smallest absolute Gasteiger partial charge is 0.313 e. The fourth-order valence-electron chi connectivity index (χ4n) is 5.75. The van der Waals surface area contributed by atoms with Crippen molar-refractivity contribution < 1.29 is 14.1 Å². The van der Waals surface area contributed by atoms with Crippen LogP contribution in [-0.4, -0.2) is 63.4 Å². The number of hydrogen-bond acceptors (Lipinski definition) is 8. The van der Waals surface area contributed by atoms with Gasteiger partial charge in [-0.15, -0.1) is 11.3 Å². The van der Waals surface area contributed by atoms with E-state index in [9.17, 15) is 14.4 Å². The molecule has 2 aliphatic heterocycles. The second-order valence-electron chi connectivity index (χ2n) is 11.0. The number of nitrogens with zero attached hydrogens (tertiary/aromatic N) is 4. The molecule has 2 aliphatic rings. The van der Waals surface area contributed by atoms with Gasteiger partial charge in [0.15, 0.2) is 0 Å². The van der Waals surface area contributed by atoms with Crippen molar-refractivity contribution in [1.82, 2.24) is 24.9 Å². The molecule has 10 nitrogen and oxygen atoms in total. The van der Waals surface area contributed by atoms with Gasteiger partial charge in [-0.05, 0) is 81.4 Å². The van der Waals surface area contributed by atoms with Crippen LogP contribution >= 0.6 is 11.3 Å². The molecule has 39 heavy (non-hydrogen) atoms. The molecule has 5 heterocycles. The maximum atomic E-state index is 13.4. The van der Waals surface area contributed by atoms with Crippen molar-refractivity contribution in [2.24, 2.45) is 11.8 Å². The molecule has 0 aliphatic carbocycles. The number of anilines is 1. The molecular weight excluding hydrogens is 516 g/mol. The zero-order valence-corrected chi connectivity index (χ0v) is 22.9. The summed E-state index contributed by atoms with van der Waals surface area (Å²) in [4.78, 5) is 51.3. The van der Waals surface area contributed by atoms with Gasteiger partial charge in [0.05, 0.1) is 33.2 Å². The second-order valence-corrected chi connectivity index (χ2v) is 12.1. The monoisotopic (exact) mass is 548 g/mol. The number of nitrogens with one attached hydrogen (secondary N) is 2. The van der Waals surface area contributed by atoms with Crippen molar-refractivity contribution >= 4 is 50.2 Å². The van der Waals surface area contributed by atoms with Gasteiger partial charge in [0.2, 0.25) is 0 Å². The number of piperidine rings is 2. The summed E-state index contributed by atoms with van der Waals surface area (Å²) in [6.45, 7) is 4.87. The quantitative estimate of drug-likeness (QED) is 0.370. The number of aromatic nitrogens is 3. The maximum absolute atomic E-state index is 13.4. The van der Waals surface area contributed by atoms with E-state index in [1.807, 2.05) is 0 Å². The van der Waals surface area contributed by atoms with Gasteiger partial charge in [0, 0.05) is 13.0 Å². The number of carbonyl (C=O) groups excluding carboxylic acids is 2. The minimum atomic E-state index is -0.759. The highest BCUT2D eigenvalue weighted by atomic mass is 32.1.